The number of aromatic nitrogens is 2. The molecule has 2 aromatic heterocycles. The van der Waals surface area contributed by atoms with Gasteiger partial charge in [0.15, 0.2) is 0 Å². The number of halogens is 1. The molecule has 40 heavy (non-hydrogen) atoms. The average Bonchev–Trinajstić information content (AvgIpc) is 3.69. The van der Waals surface area contributed by atoms with E-state index in [1.807, 2.05) is 35.7 Å². The summed E-state index contributed by atoms with van der Waals surface area (Å²) in [5, 5.41) is 10.3. The third-order valence-corrected chi connectivity index (χ3v) is 7.38. The summed E-state index contributed by atoms with van der Waals surface area (Å²) in [5.41, 5.74) is 1.58. The molecule has 4 aromatic rings. The monoisotopic (exact) mass is 563 g/mol. The highest BCUT2D eigenvalue weighted by atomic mass is 32.1. The summed E-state index contributed by atoms with van der Waals surface area (Å²) in [6, 6.07) is 15.1. The number of nitrogens with zero attached hydrogens (tertiary/aromatic N) is 4. The van der Waals surface area contributed by atoms with E-state index in [-0.39, 0.29) is 23.2 Å². The van der Waals surface area contributed by atoms with Gasteiger partial charge in [0.05, 0.1) is 17.7 Å². The van der Waals surface area contributed by atoms with E-state index in [0.717, 1.165) is 31.6 Å². The molecule has 208 valence electrons. The first-order valence-electron chi connectivity index (χ1n) is 13.1. The number of piperazine rings is 1. The van der Waals surface area contributed by atoms with Crippen LogP contribution in [0.15, 0.2) is 69.9 Å². The zero-order valence-corrected chi connectivity index (χ0v) is 22.9. The van der Waals surface area contributed by atoms with Gasteiger partial charge in [-0.15, -0.1) is 0 Å². The molecule has 1 atom stereocenters. The Morgan fingerprint density at radius 3 is 2.65 bits per heavy atom. The van der Waals surface area contributed by atoms with Gasteiger partial charge in [0.2, 0.25) is 11.7 Å². The molecule has 5 rings (SSSR count). The predicted octanol–water partition coefficient (Wildman–Crippen LogP) is 4.34. The molecule has 1 aliphatic heterocycles. The van der Waals surface area contributed by atoms with Crippen LogP contribution in [-0.2, 0) is 4.79 Å². The van der Waals surface area contributed by atoms with Crippen molar-refractivity contribution in [2.45, 2.75) is 19.4 Å². The van der Waals surface area contributed by atoms with Gasteiger partial charge in [-0.2, -0.15) is 16.3 Å². The molecule has 0 bridgehead atoms. The minimum atomic E-state index is -0.579. The highest BCUT2D eigenvalue weighted by molar-refractivity contribution is 7.08. The highest BCUT2D eigenvalue weighted by Gasteiger charge is 2.26. The van der Waals surface area contributed by atoms with Gasteiger partial charge in [-0.3, -0.25) is 14.5 Å². The van der Waals surface area contributed by atoms with Gasteiger partial charge in [-0.1, -0.05) is 23.4 Å². The van der Waals surface area contributed by atoms with Gasteiger partial charge in [0.25, 0.3) is 11.8 Å². The summed E-state index contributed by atoms with van der Waals surface area (Å²) >= 11 is 1.44. The molecule has 11 heteroatoms. The standard InChI is InChI=1S/C29H30FN5O4S/c1-20(31-27(36)22-10-17-40-19-22)29(37)35-14-12-34(13-15-35)11-5-16-38-23-8-9-24(25(30)18-23)26-32-28(39-33-26)21-6-3-2-4-7-21/h2-4,6-10,17-20H,5,11-16H2,1H3,(H,31,36)/t20-/m1/s1. The summed E-state index contributed by atoms with van der Waals surface area (Å²) < 4.78 is 25.8. The van der Waals surface area contributed by atoms with Crippen molar-refractivity contribution in [1.82, 2.24) is 25.3 Å². The van der Waals surface area contributed by atoms with Gasteiger partial charge in [-0.25, -0.2) is 4.39 Å². The van der Waals surface area contributed by atoms with Crippen LogP contribution in [0.3, 0.4) is 0 Å². The molecule has 0 saturated carbocycles. The molecule has 1 aliphatic rings. The molecule has 2 amide bonds. The molecule has 1 N–H and O–H groups in total. The predicted molar refractivity (Wildman–Crippen MR) is 150 cm³/mol. The van der Waals surface area contributed by atoms with E-state index >= 15 is 0 Å². The summed E-state index contributed by atoms with van der Waals surface area (Å²) in [5.74, 6) is 0.147. The number of amides is 2. The summed E-state index contributed by atoms with van der Waals surface area (Å²) in [4.78, 5) is 33.4. The van der Waals surface area contributed by atoms with Gasteiger partial charge in [-0.05, 0) is 49.1 Å². The van der Waals surface area contributed by atoms with Crippen LogP contribution < -0.4 is 10.1 Å². The molecule has 9 nitrogen and oxygen atoms in total. The lowest BCUT2D eigenvalue weighted by molar-refractivity contribution is -0.134. The van der Waals surface area contributed by atoms with E-state index in [0.29, 0.717) is 36.9 Å². The highest BCUT2D eigenvalue weighted by Crippen LogP contribution is 2.26. The van der Waals surface area contributed by atoms with Crippen molar-refractivity contribution in [3.8, 4) is 28.6 Å². The first-order valence-corrected chi connectivity index (χ1v) is 14.1. The fraction of sp³-hybridized carbons (Fsp3) is 0.310. The molecule has 1 fully saturated rings. The van der Waals surface area contributed by atoms with Crippen molar-refractivity contribution in [2.75, 3.05) is 39.3 Å². The molecular weight excluding hydrogens is 533 g/mol. The first-order chi connectivity index (χ1) is 19.5. The maximum Gasteiger partial charge on any atom is 0.258 e. The smallest absolute Gasteiger partial charge is 0.258 e. The maximum atomic E-state index is 14.8. The molecule has 1 saturated heterocycles. The van der Waals surface area contributed by atoms with E-state index in [9.17, 15) is 14.0 Å². The van der Waals surface area contributed by atoms with Gasteiger partial charge in [0.1, 0.15) is 17.6 Å². The second-order valence-electron chi connectivity index (χ2n) is 9.51. The quantitative estimate of drug-likeness (QED) is 0.287. The molecule has 0 spiro atoms. The Morgan fingerprint density at radius 1 is 1.12 bits per heavy atom. The van der Waals surface area contributed by atoms with E-state index in [1.54, 1.807) is 35.4 Å². The van der Waals surface area contributed by atoms with Crippen molar-refractivity contribution < 1.29 is 23.2 Å². The molecule has 2 aromatic carbocycles. The Hall–Kier alpha value is -4.09. The lowest BCUT2D eigenvalue weighted by Gasteiger charge is -2.36. The Labute approximate surface area is 235 Å². The number of hydrogen-bond acceptors (Lipinski definition) is 8. The normalized spacial score (nSPS) is 14.6. The number of thiophene rings is 1. The number of benzene rings is 2. The van der Waals surface area contributed by atoms with Crippen LogP contribution in [0, 0.1) is 5.82 Å². The topological polar surface area (TPSA) is 101 Å². The number of nitrogens with one attached hydrogen (secondary N) is 1. The Morgan fingerprint density at radius 2 is 1.93 bits per heavy atom. The number of ether oxygens (including phenoxy) is 1. The minimum absolute atomic E-state index is 0.0749. The third-order valence-electron chi connectivity index (χ3n) is 6.70. The molecule has 0 radical (unpaired) electrons. The number of carbonyl (C=O) groups excluding carboxylic acids is 2. The second kappa shape index (κ2) is 12.8. The third kappa shape index (κ3) is 6.72. The maximum absolute atomic E-state index is 14.8. The summed E-state index contributed by atoms with van der Waals surface area (Å²) in [7, 11) is 0. The van der Waals surface area contributed by atoms with Crippen LogP contribution in [0.25, 0.3) is 22.8 Å². The van der Waals surface area contributed by atoms with Crippen LogP contribution in [0.1, 0.15) is 23.7 Å². The van der Waals surface area contributed by atoms with Crippen molar-refractivity contribution in [3.05, 3.63) is 76.7 Å². The largest absolute Gasteiger partial charge is 0.493 e. The van der Waals surface area contributed by atoms with Crippen molar-refractivity contribution in [2.24, 2.45) is 0 Å². The van der Waals surface area contributed by atoms with Crippen molar-refractivity contribution in [1.29, 1.82) is 0 Å². The van der Waals surface area contributed by atoms with Crippen LogP contribution in [0.4, 0.5) is 4.39 Å². The Bertz CT molecular complexity index is 1420. The number of hydrogen-bond donors (Lipinski definition) is 1. The van der Waals surface area contributed by atoms with E-state index < -0.39 is 11.9 Å². The zero-order valence-electron chi connectivity index (χ0n) is 22.1. The lowest BCUT2D eigenvalue weighted by atomic mass is 10.2. The van der Waals surface area contributed by atoms with Gasteiger partial charge in [0, 0.05) is 49.7 Å². The summed E-state index contributed by atoms with van der Waals surface area (Å²) in [6.07, 6.45) is 0.760. The van der Waals surface area contributed by atoms with E-state index in [4.69, 9.17) is 9.26 Å². The fourth-order valence-corrected chi connectivity index (χ4v) is 5.11. The lowest BCUT2D eigenvalue weighted by Crippen LogP contribution is -2.54. The fourth-order valence-electron chi connectivity index (χ4n) is 4.48. The van der Waals surface area contributed by atoms with Crippen LogP contribution in [0.5, 0.6) is 5.75 Å². The summed E-state index contributed by atoms with van der Waals surface area (Å²) in [6.45, 7) is 5.66. The molecule has 3 heterocycles. The first kappa shape index (κ1) is 27.5. The molecule has 0 aliphatic carbocycles. The Balaban J connectivity index is 1.03. The van der Waals surface area contributed by atoms with E-state index in [2.05, 4.69) is 20.4 Å². The average molecular weight is 564 g/mol. The van der Waals surface area contributed by atoms with Crippen molar-refractivity contribution in [3.63, 3.8) is 0 Å². The van der Waals surface area contributed by atoms with E-state index in [1.165, 1.54) is 17.4 Å². The SMILES string of the molecule is C[C@@H](NC(=O)c1ccsc1)C(=O)N1CCN(CCCOc2ccc(-c3noc(-c4ccccc4)n3)c(F)c2)CC1. The van der Waals surface area contributed by atoms with Crippen molar-refractivity contribution >= 4 is 23.2 Å². The second-order valence-corrected chi connectivity index (χ2v) is 10.3. The van der Waals surface area contributed by atoms with Crippen LogP contribution in [-0.4, -0.2) is 77.1 Å². The molecular formula is C29H30FN5O4S. The van der Waals surface area contributed by atoms with Crippen LogP contribution >= 0.6 is 11.3 Å². The molecule has 0 unspecified atom stereocenters. The van der Waals surface area contributed by atoms with Gasteiger partial charge >= 0.3 is 0 Å². The zero-order chi connectivity index (χ0) is 27.9. The van der Waals surface area contributed by atoms with Gasteiger partial charge < -0.3 is 19.5 Å². The number of rotatable bonds is 10. The Kier molecular flexibility index (Phi) is 8.82. The minimum Gasteiger partial charge on any atom is -0.493 e. The van der Waals surface area contributed by atoms with Crippen LogP contribution in [0.2, 0.25) is 0 Å². The number of carbonyl (C=O) groups is 2.